The summed E-state index contributed by atoms with van der Waals surface area (Å²) in [6, 6.07) is 6.87. The molecule has 0 unspecified atom stereocenters. The third-order valence-corrected chi connectivity index (χ3v) is 1.55. The van der Waals surface area contributed by atoms with Crippen molar-refractivity contribution in [1.82, 2.24) is 0 Å². The highest BCUT2D eigenvalue weighted by Gasteiger charge is 1.98. The molecule has 0 fully saturated rings. The SMILES string of the molecule is C[C@@H](O)c1ccc(C=O)cc1. The van der Waals surface area contributed by atoms with Crippen molar-refractivity contribution < 1.29 is 9.90 Å². The van der Waals surface area contributed by atoms with Crippen molar-refractivity contribution in [2.24, 2.45) is 0 Å². The van der Waals surface area contributed by atoms with Gasteiger partial charge in [0.1, 0.15) is 6.29 Å². The molecule has 0 amide bonds. The zero-order chi connectivity index (χ0) is 8.27. The molecule has 0 saturated heterocycles. The highest BCUT2D eigenvalue weighted by atomic mass is 16.3. The van der Waals surface area contributed by atoms with Gasteiger partial charge >= 0.3 is 0 Å². The Balaban J connectivity index is 2.91. The lowest BCUT2D eigenvalue weighted by Crippen LogP contribution is -1.90. The van der Waals surface area contributed by atoms with E-state index in [0.717, 1.165) is 11.8 Å². The molecule has 0 saturated carbocycles. The van der Waals surface area contributed by atoms with Crippen molar-refractivity contribution in [2.45, 2.75) is 13.0 Å². The summed E-state index contributed by atoms with van der Waals surface area (Å²) in [5, 5.41) is 9.10. The number of hydrogen-bond acceptors (Lipinski definition) is 2. The summed E-state index contributed by atoms with van der Waals surface area (Å²) in [5.41, 5.74) is 1.46. The Kier molecular flexibility index (Phi) is 2.39. The number of rotatable bonds is 2. The van der Waals surface area contributed by atoms with E-state index in [1.165, 1.54) is 0 Å². The molecule has 0 bridgehead atoms. The molecule has 58 valence electrons. The highest BCUT2D eigenvalue weighted by molar-refractivity contribution is 5.74. The summed E-state index contributed by atoms with van der Waals surface area (Å²) < 4.78 is 0. The average Bonchev–Trinajstić information content (AvgIpc) is 2.05. The molecule has 1 rings (SSSR count). The van der Waals surface area contributed by atoms with Gasteiger partial charge in [-0.25, -0.2) is 0 Å². The molecule has 1 aromatic carbocycles. The molecular formula is C9H10O2. The van der Waals surface area contributed by atoms with Crippen molar-refractivity contribution in [1.29, 1.82) is 0 Å². The first-order chi connectivity index (χ1) is 5.24. The molecule has 0 radical (unpaired) electrons. The molecular weight excluding hydrogens is 140 g/mol. The van der Waals surface area contributed by atoms with Crippen LogP contribution >= 0.6 is 0 Å². The Hall–Kier alpha value is -1.15. The lowest BCUT2D eigenvalue weighted by molar-refractivity contribution is 0.112. The maximum absolute atomic E-state index is 10.2. The number of hydrogen-bond donors (Lipinski definition) is 1. The van der Waals surface area contributed by atoms with Gasteiger partial charge in [0.05, 0.1) is 6.10 Å². The van der Waals surface area contributed by atoms with Crippen LogP contribution in [0.2, 0.25) is 0 Å². The van der Waals surface area contributed by atoms with Crippen LogP contribution in [0.4, 0.5) is 0 Å². The van der Waals surface area contributed by atoms with Crippen molar-refractivity contribution in [3.63, 3.8) is 0 Å². The summed E-state index contributed by atoms with van der Waals surface area (Å²) in [6.45, 7) is 1.69. The summed E-state index contributed by atoms with van der Waals surface area (Å²) in [7, 11) is 0. The number of benzene rings is 1. The standard InChI is InChI=1S/C9H10O2/c1-7(11)9-4-2-8(6-10)3-5-9/h2-7,11H,1H3/t7-/m1/s1. The van der Waals surface area contributed by atoms with E-state index in [0.29, 0.717) is 5.56 Å². The number of aliphatic hydroxyl groups excluding tert-OH is 1. The summed E-state index contributed by atoms with van der Waals surface area (Å²) in [4.78, 5) is 10.2. The van der Waals surface area contributed by atoms with E-state index in [9.17, 15) is 4.79 Å². The van der Waals surface area contributed by atoms with Crippen LogP contribution in [-0.2, 0) is 0 Å². The van der Waals surface area contributed by atoms with Gasteiger partial charge in [-0.2, -0.15) is 0 Å². The molecule has 0 aromatic heterocycles. The number of aliphatic hydroxyl groups is 1. The molecule has 1 N–H and O–H groups in total. The van der Waals surface area contributed by atoms with Gasteiger partial charge in [-0.1, -0.05) is 24.3 Å². The molecule has 0 heterocycles. The first kappa shape index (κ1) is 7.95. The van der Waals surface area contributed by atoms with Crippen molar-refractivity contribution in [2.75, 3.05) is 0 Å². The predicted molar refractivity (Wildman–Crippen MR) is 42.5 cm³/mol. The summed E-state index contributed by atoms with van der Waals surface area (Å²) in [5.74, 6) is 0. The second-order valence-electron chi connectivity index (χ2n) is 2.46. The van der Waals surface area contributed by atoms with Crippen molar-refractivity contribution in [3.05, 3.63) is 35.4 Å². The number of carbonyl (C=O) groups excluding carboxylic acids is 1. The van der Waals surface area contributed by atoms with Gasteiger partial charge < -0.3 is 5.11 Å². The Morgan fingerprint density at radius 2 is 1.91 bits per heavy atom. The van der Waals surface area contributed by atoms with Crippen LogP contribution in [-0.4, -0.2) is 11.4 Å². The van der Waals surface area contributed by atoms with Crippen molar-refractivity contribution >= 4 is 6.29 Å². The van der Waals surface area contributed by atoms with Crippen LogP contribution in [0.1, 0.15) is 28.9 Å². The van der Waals surface area contributed by atoms with Gasteiger partial charge in [-0.05, 0) is 12.5 Å². The van der Waals surface area contributed by atoms with E-state index in [-0.39, 0.29) is 0 Å². The fraction of sp³-hybridized carbons (Fsp3) is 0.222. The van der Waals surface area contributed by atoms with Gasteiger partial charge in [-0.3, -0.25) is 4.79 Å². The molecule has 1 aromatic rings. The van der Waals surface area contributed by atoms with Crippen LogP contribution in [0, 0.1) is 0 Å². The minimum Gasteiger partial charge on any atom is -0.389 e. The Morgan fingerprint density at radius 3 is 2.27 bits per heavy atom. The lowest BCUT2D eigenvalue weighted by atomic mass is 10.1. The third kappa shape index (κ3) is 1.88. The van der Waals surface area contributed by atoms with E-state index < -0.39 is 6.10 Å². The van der Waals surface area contributed by atoms with Crippen LogP contribution in [0.5, 0.6) is 0 Å². The Bertz CT molecular complexity index is 236. The molecule has 0 aliphatic carbocycles. The van der Waals surface area contributed by atoms with E-state index in [4.69, 9.17) is 5.11 Å². The first-order valence-corrected chi connectivity index (χ1v) is 3.47. The lowest BCUT2D eigenvalue weighted by Gasteiger charge is -2.02. The molecule has 2 heteroatoms. The highest BCUT2D eigenvalue weighted by Crippen LogP contribution is 2.11. The topological polar surface area (TPSA) is 37.3 Å². The predicted octanol–water partition coefficient (Wildman–Crippen LogP) is 1.55. The normalized spacial score (nSPS) is 12.5. The van der Waals surface area contributed by atoms with Gasteiger partial charge in [0.15, 0.2) is 0 Å². The fourth-order valence-electron chi connectivity index (χ4n) is 0.853. The van der Waals surface area contributed by atoms with Crippen LogP contribution in [0.3, 0.4) is 0 Å². The zero-order valence-electron chi connectivity index (χ0n) is 6.32. The summed E-state index contributed by atoms with van der Waals surface area (Å²) >= 11 is 0. The molecule has 1 atom stereocenters. The van der Waals surface area contributed by atoms with Crippen LogP contribution < -0.4 is 0 Å². The average molecular weight is 150 g/mol. The van der Waals surface area contributed by atoms with E-state index in [1.807, 2.05) is 0 Å². The third-order valence-electron chi connectivity index (χ3n) is 1.55. The number of carbonyl (C=O) groups is 1. The van der Waals surface area contributed by atoms with E-state index in [1.54, 1.807) is 31.2 Å². The molecule has 0 spiro atoms. The van der Waals surface area contributed by atoms with E-state index >= 15 is 0 Å². The Labute approximate surface area is 65.5 Å². The zero-order valence-corrected chi connectivity index (χ0v) is 6.32. The minimum atomic E-state index is -0.462. The van der Waals surface area contributed by atoms with Gasteiger partial charge in [0, 0.05) is 5.56 Å². The monoisotopic (exact) mass is 150 g/mol. The number of aldehydes is 1. The van der Waals surface area contributed by atoms with Crippen LogP contribution in [0.15, 0.2) is 24.3 Å². The van der Waals surface area contributed by atoms with Gasteiger partial charge in [-0.15, -0.1) is 0 Å². The summed E-state index contributed by atoms with van der Waals surface area (Å²) in [6.07, 6.45) is 0.321. The quantitative estimate of drug-likeness (QED) is 0.649. The maximum Gasteiger partial charge on any atom is 0.150 e. The Morgan fingerprint density at radius 1 is 1.36 bits per heavy atom. The second kappa shape index (κ2) is 3.30. The second-order valence-corrected chi connectivity index (χ2v) is 2.46. The van der Waals surface area contributed by atoms with Crippen molar-refractivity contribution in [3.8, 4) is 0 Å². The van der Waals surface area contributed by atoms with Crippen LogP contribution in [0.25, 0.3) is 0 Å². The molecule has 0 aliphatic rings. The minimum absolute atomic E-state index is 0.462. The largest absolute Gasteiger partial charge is 0.389 e. The van der Waals surface area contributed by atoms with E-state index in [2.05, 4.69) is 0 Å². The van der Waals surface area contributed by atoms with Gasteiger partial charge in [0.2, 0.25) is 0 Å². The molecule has 2 nitrogen and oxygen atoms in total. The first-order valence-electron chi connectivity index (χ1n) is 3.47. The maximum atomic E-state index is 10.2. The molecule has 11 heavy (non-hydrogen) atoms. The molecule has 0 aliphatic heterocycles. The van der Waals surface area contributed by atoms with Gasteiger partial charge in [0.25, 0.3) is 0 Å². The smallest absolute Gasteiger partial charge is 0.150 e. The fourth-order valence-corrected chi connectivity index (χ4v) is 0.853.